The lowest BCUT2D eigenvalue weighted by atomic mass is 10.2. The van der Waals surface area contributed by atoms with Crippen molar-refractivity contribution in [1.29, 1.82) is 0 Å². The van der Waals surface area contributed by atoms with Gasteiger partial charge in [0.05, 0.1) is 17.7 Å². The number of thiophene rings is 1. The number of amides is 2. The van der Waals surface area contributed by atoms with Crippen LogP contribution in [0, 0.1) is 10.1 Å². The summed E-state index contributed by atoms with van der Waals surface area (Å²) in [6.07, 6.45) is 1.70. The number of hydrogen-bond donors (Lipinski definition) is 2. The van der Waals surface area contributed by atoms with Gasteiger partial charge in [-0.3, -0.25) is 19.7 Å². The molecule has 0 atom stereocenters. The van der Waals surface area contributed by atoms with Crippen LogP contribution in [-0.2, 0) is 11.3 Å². The maximum absolute atomic E-state index is 12.1. The summed E-state index contributed by atoms with van der Waals surface area (Å²) in [5.41, 5.74) is 0.204. The smallest absolute Gasteiger partial charge is 0.269 e. The molecule has 3 rings (SSSR count). The minimum Gasteiger partial charge on any atom is -0.352 e. The van der Waals surface area contributed by atoms with Gasteiger partial charge in [-0.1, -0.05) is 6.07 Å². The fraction of sp³-hybridized carbons (Fsp3) is 0.167. The van der Waals surface area contributed by atoms with Crippen LogP contribution in [0.5, 0.6) is 0 Å². The van der Waals surface area contributed by atoms with Gasteiger partial charge in [-0.15, -0.1) is 11.3 Å². The Morgan fingerprint density at radius 2 is 1.96 bits per heavy atom. The highest BCUT2D eigenvalue weighted by Crippen LogP contribution is 2.14. The van der Waals surface area contributed by atoms with Crippen LogP contribution >= 0.6 is 11.3 Å². The lowest BCUT2D eigenvalue weighted by Crippen LogP contribution is -2.28. The fourth-order valence-corrected chi connectivity index (χ4v) is 3.13. The Hall–Kier alpha value is -3.53. The zero-order valence-electron chi connectivity index (χ0n) is 14.7. The summed E-state index contributed by atoms with van der Waals surface area (Å²) in [4.78, 5) is 35.4. The first-order valence-corrected chi connectivity index (χ1v) is 9.27. The summed E-state index contributed by atoms with van der Waals surface area (Å²) in [5.74, 6) is -0.0672. The van der Waals surface area contributed by atoms with Crippen LogP contribution in [0.2, 0.25) is 0 Å². The van der Waals surface area contributed by atoms with Gasteiger partial charge in [-0.2, -0.15) is 5.10 Å². The molecule has 0 unspecified atom stereocenters. The molecule has 0 aliphatic rings. The van der Waals surface area contributed by atoms with E-state index >= 15 is 0 Å². The van der Waals surface area contributed by atoms with Crippen molar-refractivity contribution in [2.75, 3.05) is 11.9 Å². The van der Waals surface area contributed by atoms with Crippen molar-refractivity contribution in [3.05, 3.63) is 74.6 Å². The predicted molar refractivity (Wildman–Crippen MR) is 104 cm³/mol. The van der Waals surface area contributed by atoms with Crippen LogP contribution in [0.1, 0.15) is 21.7 Å². The van der Waals surface area contributed by atoms with E-state index in [-0.39, 0.29) is 24.6 Å². The molecule has 0 fully saturated rings. The van der Waals surface area contributed by atoms with Gasteiger partial charge in [-0.05, 0) is 23.6 Å². The maximum atomic E-state index is 12.1. The van der Waals surface area contributed by atoms with E-state index in [0.717, 1.165) is 4.88 Å². The van der Waals surface area contributed by atoms with Crippen LogP contribution in [0.4, 0.5) is 11.5 Å². The predicted octanol–water partition coefficient (Wildman–Crippen LogP) is 2.66. The summed E-state index contributed by atoms with van der Waals surface area (Å²) >= 11 is 1.61. The normalized spacial score (nSPS) is 10.4. The highest BCUT2D eigenvalue weighted by Gasteiger charge is 2.11. The maximum Gasteiger partial charge on any atom is 0.269 e. The number of carbonyl (C=O) groups is 2. The number of nitrogens with one attached hydrogen (secondary N) is 2. The molecule has 2 N–H and O–H groups in total. The van der Waals surface area contributed by atoms with Gasteiger partial charge in [-0.25, -0.2) is 4.68 Å². The number of aromatic nitrogens is 2. The van der Waals surface area contributed by atoms with Crippen molar-refractivity contribution in [3.8, 4) is 0 Å². The van der Waals surface area contributed by atoms with Gasteiger partial charge in [0.2, 0.25) is 5.91 Å². The van der Waals surface area contributed by atoms with Crippen LogP contribution in [-0.4, -0.2) is 33.1 Å². The van der Waals surface area contributed by atoms with Gasteiger partial charge in [0.1, 0.15) is 5.82 Å². The molecule has 28 heavy (non-hydrogen) atoms. The standard InChI is InChI=1S/C18H17N5O4S/c24-17(21-16-7-10-20-22(16)12-15-2-1-11-28-15)8-9-19-18(25)13-3-5-14(6-4-13)23(26)27/h1-7,10-11H,8-9,12H2,(H,19,25)(H,21,24). The number of rotatable bonds is 8. The Balaban J connectivity index is 1.46. The molecule has 0 radical (unpaired) electrons. The molecule has 0 aliphatic heterocycles. The second-order valence-electron chi connectivity index (χ2n) is 5.81. The third-order valence-corrected chi connectivity index (χ3v) is 4.71. The molecule has 10 heteroatoms. The summed E-state index contributed by atoms with van der Waals surface area (Å²) in [5, 5.41) is 22.2. The molecule has 2 amide bonds. The fourth-order valence-electron chi connectivity index (χ4n) is 2.45. The summed E-state index contributed by atoms with van der Waals surface area (Å²) < 4.78 is 1.69. The third kappa shape index (κ3) is 5.01. The Labute approximate surface area is 164 Å². The Morgan fingerprint density at radius 3 is 2.64 bits per heavy atom. The van der Waals surface area contributed by atoms with Crippen LogP contribution < -0.4 is 10.6 Å². The van der Waals surface area contributed by atoms with E-state index in [0.29, 0.717) is 17.9 Å². The van der Waals surface area contributed by atoms with E-state index in [4.69, 9.17) is 0 Å². The molecule has 2 heterocycles. The van der Waals surface area contributed by atoms with E-state index < -0.39 is 10.8 Å². The van der Waals surface area contributed by atoms with E-state index in [1.54, 1.807) is 28.3 Å². The first-order valence-electron chi connectivity index (χ1n) is 8.39. The average Bonchev–Trinajstić information content (AvgIpc) is 3.34. The number of nitrogens with zero attached hydrogens (tertiary/aromatic N) is 3. The summed E-state index contributed by atoms with van der Waals surface area (Å²) in [6, 6.07) is 10.9. The number of anilines is 1. The highest BCUT2D eigenvalue weighted by atomic mass is 32.1. The van der Waals surface area contributed by atoms with Gasteiger partial charge >= 0.3 is 0 Å². The zero-order valence-corrected chi connectivity index (χ0v) is 15.5. The van der Waals surface area contributed by atoms with E-state index in [1.807, 2.05) is 17.5 Å². The number of nitro benzene ring substituents is 1. The number of nitro groups is 1. The van der Waals surface area contributed by atoms with Gasteiger partial charge < -0.3 is 10.6 Å². The molecular formula is C18H17N5O4S. The molecule has 0 aliphatic carbocycles. The molecule has 1 aromatic carbocycles. The van der Waals surface area contributed by atoms with Crippen molar-refractivity contribution in [3.63, 3.8) is 0 Å². The minimum atomic E-state index is -0.533. The van der Waals surface area contributed by atoms with Crippen molar-refractivity contribution < 1.29 is 14.5 Å². The molecule has 0 saturated carbocycles. The van der Waals surface area contributed by atoms with Crippen molar-refractivity contribution in [1.82, 2.24) is 15.1 Å². The van der Waals surface area contributed by atoms with Crippen LogP contribution in [0.25, 0.3) is 0 Å². The molecule has 9 nitrogen and oxygen atoms in total. The van der Waals surface area contributed by atoms with Gasteiger partial charge in [0, 0.05) is 41.6 Å². The molecule has 0 spiro atoms. The van der Waals surface area contributed by atoms with E-state index in [2.05, 4.69) is 15.7 Å². The van der Waals surface area contributed by atoms with Crippen molar-refractivity contribution in [2.24, 2.45) is 0 Å². The third-order valence-electron chi connectivity index (χ3n) is 3.85. The zero-order chi connectivity index (χ0) is 19.9. The monoisotopic (exact) mass is 399 g/mol. The van der Waals surface area contributed by atoms with Crippen LogP contribution in [0.3, 0.4) is 0 Å². The largest absolute Gasteiger partial charge is 0.352 e. The summed E-state index contributed by atoms with van der Waals surface area (Å²) in [7, 11) is 0. The second kappa shape index (κ2) is 8.91. The average molecular weight is 399 g/mol. The number of non-ortho nitro benzene ring substituents is 1. The van der Waals surface area contributed by atoms with Gasteiger partial charge in [0.15, 0.2) is 0 Å². The topological polar surface area (TPSA) is 119 Å². The molecule has 2 aromatic heterocycles. The molecule has 0 saturated heterocycles. The van der Waals surface area contributed by atoms with E-state index in [9.17, 15) is 19.7 Å². The van der Waals surface area contributed by atoms with Gasteiger partial charge in [0.25, 0.3) is 11.6 Å². The number of carbonyl (C=O) groups excluding carboxylic acids is 2. The quantitative estimate of drug-likeness (QED) is 0.446. The van der Waals surface area contributed by atoms with E-state index in [1.165, 1.54) is 24.3 Å². The lowest BCUT2D eigenvalue weighted by Gasteiger charge is -2.09. The molecule has 144 valence electrons. The first-order chi connectivity index (χ1) is 13.5. The van der Waals surface area contributed by atoms with Crippen LogP contribution in [0.15, 0.2) is 54.0 Å². The molecule has 0 bridgehead atoms. The number of benzene rings is 1. The Bertz CT molecular complexity index is 966. The van der Waals surface area contributed by atoms with Crippen molar-refractivity contribution >= 4 is 34.7 Å². The Kier molecular flexibility index (Phi) is 6.12. The summed E-state index contributed by atoms with van der Waals surface area (Å²) in [6.45, 7) is 0.706. The number of hydrogen-bond acceptors (Lipinski definition) is 6. The lowest BCUT2D eigenvalue weighted by molar-refractivity contribution is -0.384. The SMILES string of the molecule is O=C(CCNC(=O)c1ccc([N+](=O)[O-])cc1)Nc1ccnn1Cc1cccs1. The molecular weight excluding hydrogens is 382 g/mol. The Morgan fingerprint density at radius 1 is 1.18 bits per heavy atom. The van der Waals surface area contributed by atoms with Crippen molar-refractivity contribution in [2.45, 2.75) is 13.0 Å². The highest BCUT2D eigenvalue weighted by molar-refractivity contribution is 7.09. The minimum absolute atomic E-state index is 0.0862. The first kappa shape index (κ1) is 19.2. The molecule has 3 aromatic rings. The second-order valence-corrected chi connectivity index (χ2v) is 6.84.